The second-order valence-electron chi connectivity index (χ2n) is 6.10. The van der Waals surface area contributed by atoms with Gasteiger partial charge in [0, 0.05) is 5.02 Å². The Balaban J connectivity index is 1.62. The highest BCUT2D eigenvalue weighted by molar-refractivity contribution is 6.31. The minimum Gasteiger partial charge on any atom is -0.490 e. The van der Waals surface area contributed by atoms with Gasteiger partial charge in [0.25, 0.3) is 0 Å². The molecule has 28 heavy (non-hydrogen) atoms. The van der Waals surface area contributed by atoms with E-state index in [0.717, 1.165) is 21.7 Å². The first-order chi connectivity index (χ1) is 13.8. The molecule has 0 saturated heterocycles. The zero-order valence-corrected chi connectivity index (χ0v) is 16.5. The molecule has 0 fully saturated rings. The van der Waals surface area contributed by atoms with Gasteiger partial charge < -0.3 is 14.9 Å². The lowest BCUT2D eigenvalue weighted by Gasteiger charge is -2.12. The first-order valence-corrected chi connectivity index (χ1v) is 9.57. The quantitative estimate of drug-likeness (QED) is 0.388. The summed E-state index contributed by atoms with van der Waals surface area (Å²) in [6.45, 7) is 3.57. The SMILES string of the molecule is CCOc1cc(/C=N\NCc2ccccc2Cl)ccc1OCc1ccccc1. The van der Waals surface area contributed by atoms with E-state index in [1.165, 1.54) is 0 Å². The summed E-state index contributed by atoms with van der Waals surface area (Å²) in [5.74, 6) is 1.42. The van der Waals surface area contributed by atoms with E-state index in [-0.39, 0.29) is 0 Å². The maximum atomic E-state index is 6.14. The highest BCUT2D eigenvalue weighted by Crippen LogP contribution is 2.29. The van der Waals surface area contributed by atoms with Gasteiger partial charge in [0.05, 0.1) is 19.4 Å². The lowest BCUT2D eigenvalue weighted by atomic mass is 10.2. The van der Waals surface area contributed by atoms with Gasteiger partial charge in [0.1, 0.15) is 6.61 Å². The van der Waals surface area contributed by atoms with Gasteiger partial charge in [-0.1, -0.05) is 60.1 Å². The number of nitrogens with zero attached hydrogens (tertiary/aromatic N) is 1. The zero-order valence-electron chi connectivity index (χ0n) is 15.8. The summed E-state index contributed by atoms with van der Waals surface area (Å²) in [5.41, 5.74) is 6.05. The topological polar surface area (TPSA) is 42.8 Å². The number of hydrogen-bond acceptors (Lipinski definition) is 4. The molecule has 0 saturated carbocycles. The van der Waals surface area contributed by atoms with Crippen molar-refractivity contribution in [3.05, 3.63) is 94.5 Å². The number of benzene rings is 3. The monoisotopic (exact) mass is 394 g/mol. The van der Waals surface area contributed by atoms with Gasteiger partial charge in [-0.15, -0.1) is 0 Å². The van der Waals surface area contributed by atoms with Crippen molar-refractivity contribution in [2.45, 2.75) is 20.1 Å². The van der Waals surface area contributed by atoms with Crippen LogP contribution in [-0.2, 0) is 13.2 Å². The summed E-state index contributed by atoms with van der Waals surface area (Å²) < 4.78 is 11.7. The fraction of sp³-hybridized carbons (Fsp3) is 0.174. The molecule has 4 nitrogen and oxygen atoms in total. The molecule has 3 aromatic carbocycles. The average molecular weight is 395 g/mol. The van der Waals surface area contributed by atoms with E-state index in [9.17, 15) is 0 Å². The Morgan fingerprint density at radius 2 is 1.71 bits per heavy atom. The Morgan fingerprint density at radius 1 is 0.929 bits per heavy atom. The fourth-order valence-corrected chi connectivity index (χ4v) is 2.82. The molecule has 0 aliphatic rings. The van der Waals surface area contributed by atoms with E-state index in [1.807, 2.05) is 79.7 Å². The molecule has 0 radical (unpaired) electrons. The van der Waals surface area contributed by atoms with Crippen molar-refractivity contribution < 1.29 is 9.47 Å². The summed E-state index contributed by atoms with van der Waals surface area (Å²) in [6.07, 6.45) is 1.75. The molecule has 0 aliphatic heterocycles. The minimum atomic E-state index is 0.494. The molecule has 0 heterocycles. The van der Waals surface area contributed by atoms with Gasteiger partial charge in [-0.3, -0.25) is 0 Å². The van der Waals surface area contributed by atoms with Crippen molar-refractivity contribution >= 4 is 17.8 Å². The maximum Gasteiger partial charge on any atom is 0.161 e. The molecule has 0 aliphatic carbocycles. The van der Waals surface area contributed by atoms with E-state index in [4.69, 9.17) is 21.1 Å². The summed E-state index contributed by atoms with van der Waals surface area (Å²) in [7, 11) is 0. The van der Waals surface area contributed by atoms with Gasteiger partial charge in [0.2, 0.25) is 0 Å². The molecule has 0 amide bonds. The third-order valence-electron chi connectivity index (χ3n) is 4.04. The van der Waals surface area contributed by atoms with Crippen LogP contribution in [-0.4, -0.2) is 12.8 Å². The highest BCUT2D eigenvalue weighted by Gasteiger charge is 2.06. The molecule has 0 aromatic heterocycles. The van der Waals surface area contributed by atoms with Crippen LogP contribution in [0.2, 0.25) is 5.02 Å². The predicted molar refractivity (Wildman–Crippen MR) is 114 cm³/mol. The van der Waals surface area contributed by atoms with Crippen LogP contribution in [0, 0.1) is 0 Å². The van der Waals surface area contributed by atoms with Gasteiger partial charge in [0.15, 0.2) is 11.5 Å². The second kappa shape index (κ2) is 10.4. The summed E-state index contributed by atoms with van der Waals surface area (Å²) in [4.78, 5) is 0. The van der Waals surface area contributed by atoms with Crippen LogP contribution < -0.4 is 14.9 Å². The third-order valence-corrected chi connectivity index (χ3v) is 4.41. The molecule has 5 heteroatoms. The van der Waals surface area contributed by atoms with Crippen LogP contribution in [0.4, 0.5) is 0 Å². The number of hydrazone groups is 1. The summed E-state index contributed by atoms with van der Waals surface area (Å²) in [5, 5.41) is 5.00. The summed E-state index contributed by atoms with van der Waals surface area (Å²) >= 11 is 6.14. The van der Waals surface area contributed by atoms with E-state index >= 15 is 0 Å². The van der Waals surface area contributed by atoms with Crippen molar-refractivity contribution in [2.75, 3.05) is 6.61 Å². The fourth-order valence-electron chi connectivity index (χ4n) is 2.62. The smallest absolute Gasteiger partial charge is 0.161 e. The van der Waals surface area contributed by atoms with E-state index in [0.29, 0.717) is 31.3 Å². The lowest BCUT2D eigenvalue weighted by molar-refractivity contribution is 0.269. The van der Waals surface area contributed by atoms with Crippen LogP contribution >= 0.6 is 11.6 Å². The molecule has 3 rings (SSSR count). The largest absolute Gasteiger partial charge is 0.490 e. The molecular weight excluding hydrogens is 372 g/mol. The Hall–Kier alpha value is -2.98. The molecule has 0 bridgehead atoms. The highest BCUT2D eigenvalue weighted by atomic mass is 35.5. The standard InChI is InChI=1S/C23H23ClN2O2/c1-2-27-23-14-19(15-25-26-16-20-10-6-7-11-21(20)24)12-13-22(23)28-17-18-8-4-3-5-9-18/h3-15,26H,2,16-17H2,1H3/b25-15-. The van der Waals surface area contributed by atoms with Gasteiger partial charge >= 0.3 is 0 Å². The van der Waals surface area contributed by atoms with Crippen LogP contribution in [0.15, 0.2) is 77.9 Å². The molecule has 0 atom stereocenters. The maximum absolute atomic E-state index is 6.14. The number of rotatable bonds is 9. The number of halogens is 1. The van der Waals surface area contributed by atoms with Crippen molar-refractivity contribution in [2.24, 2.45) is 5.10 Å². The number of hydrogen-bond donors (Lipinski definition) is 1. The number of nitrogens with one attached hydrogen (secondary N) is 1. The van der Waals surface area contributed by atoms with Crippen LogP contribution in [0.1, 0.15) is 23.6 Å². The molecule has 0 unspecified atom stereocenters. The Kier molecular flexibility index (Phi) is 7.33. The average Bonchev–Trinajstić information content (AvgIpc) is 2.73. The van der Waals surface area contributed by atoms with Crippen molar-refractivity contribution in [1.82, 2.24) is 5.43 Å². The van der Waals surface area contributed by atoms with E-state index < -0.39 is 0 Å². The molecule has 1 N–H and O–H groups in total. The van der Waals surface area contributed by atoms with E-state index in [1.54, 1.807) is 6.21 Å². The van der Waals surface area contributed by atoms with Crippen LogP contribution in [0.5, 0.6) is 11.5 Å². The summed E-state index contributed by atoms with van der Waals surface area (Å²) in [6, 6.07) is 23.5. The predicted octanol–water partition coefficient (Wildman–Crippen LogP) is 5.44. The van der Waals surface area contributed by atoms with Gasteiger partial charge in [-0.05, 0) is 47.9 Å². The van der Waals surface area contributed by atoms with Crippen LogP contribution in [0.25, 0.3) is 0 Å². The molecule has 144 valence electrons. The lowest BCUT2D eigenvalue weighted by Crippen LogP contribution is -2.06. The first kappa shape index (κ1) is 19.8. The zero-order chi connectivity index (χ0) is 19.6. The number of ether oxygens (including phenoxy) is 2. The molecular formula is C23H23ClN2O2. The molecule has 3 aromatic rings. The van der Waals surface area contributed by atoms with Crippen LogP contribution in [0.3, 0.4) is 0 Å². The second-order valence-corrected chi connectivity index (χ2v) is 6.51. The van der Waals surface area contributed by atoms with E-state index in [2.05, 4.69) is 10.5 Å². The van der Waals surface area contributed by atoms with Gasteiger partial charge in [-0.2, -0.15) is 5.10 Å². The van der Waals surface area contributed by atoms with Crippen molar-refractivity contribution in [3.8, 4) is 11.5 Å². The minimum absolute atomic E-state index is 0.494. The Morgan fingerprint density at radius 3 is 2.50 bits per heavy atom. The Bertz CT molecular complexity index is 913. The van der Waals surface area contributed by atoms with Crippen molar-refractivity contribution in [3.63, 3.8) is 0 Å². The Labute approximate surface area is 170 Å². The van der Waals surface area contributed by atoms with Gasteiger partial charge in [-0.25, -0.2) is 0 Å². The third kappa shape index (κ3) is 5.76. The first-order valence-electron chi connectivity index (χ1n) is 9.19. The van der Waals surface area contributed by atoms with Crippen molar-refractivity contribution in [1.29, 1.82) is 0 Å². The molecule has 0 spiro atoms. The normalized spacial score (nSPS) is 10.8.